The molecule has 178 valence electrons. The van der Waals surface area contributed by atoms with Crippen LogP contribution in [0.2, 0.25) is 0 Å². The van der Waals surface area contributed by atoms with Crippen LogP contribution in [0, 0.1) is 23.7 Å². The minimum atomic E-state index is 0. The van der Waals surface area contributed by atoms with Crippen LogP contribution in [0.1, 0.15) is 71.9 Å². The van der Waals surface area contributed by atoms with Gasteiger partial charge in [-0.3, -0.25) is 0 Å². The summed E-state index contributed by atoms with van der Waals surface area (Å²) in [6.07, 6.45) is 21.1. The summed E-state index contributed by atoms with van der Waals surface area (Å²) in [6.45, 7) is 1.90. The Morgan fingerprint density at radius 1 is 0.543 bits per heavy atom. The van der Waals surface area contributed by atoms with Crippen molar-refractivity contribution in [2.24, 2.45) is 0 Å². The molecule has 35 heavy (non-hydrogen) atoms. The molecule has 0 spiro atoms. The normalized spacial score (nSPS) is 13.7. The fourth-order valence-electron chi connectivity index (χ4n) is 5.05. The average Bonchev–Trinajstić information content (AvgIpc) is 2.90. The zero-order valence-corrected chi connectivity index (χ0v) is 22.1. The first kappa shape index (κ1) is 25.2. The minimum Gasteiger partial charge on any atom is -1.00 e. The number of hydrogen-bond donors (Lipinski definition) is 0. The van der Waals surface area contributed by atoms with Gasteiger partial charge in [0.15, 0.2) is 37.9 Å². The summed E-state index contributed by atoms with van der Waals surface area (Å²) >= 11 is 0. The van der Waals surface area contributed by atoms with Gasteiger partial charge in [-0.25, -0.2) is 9.13 Å². The number of benzene rings is 1. The highest BCUT2D eigenvalue weighted by Gasteiger charge is 2.14. The van der Waals surface area contributed by atoms with Gasteiger partial charge in [0.2, 0.25) is 0 Å². The smallest absolute Gasteiger partial charge is 0.172 e. The van der Waals surface area contributed by atoms with Gasteiger partial charge in [0.1, 0.15) is 0 Å². The quantitative estimate of drug-likeness (QED) is 0.363. The Morgan fingerprint density at radius 3 is 1.37 bits per heavy atom. The number of fused-ring (bicyclic) bond motifs is 2. The Morgan fingerprint density at radius 2 is 0.943 bits per heavy atom. The van der Waals surface area contributed by atoms with E-state index >= 15 is 0 Å². The van der Waals surface area contributed by atoms with Crippen molar-refractivity contribution in [3.05, 3.63) is 94.6 Å². The average molecular weight is 527 g/mol. The lowest BCUT2D eigenvalue weighted by Gasteiger charge is -2.13. The zero-order chi connectivity index (χ0) is 23.0. The predicted octanol–water partition coefficient (Wildman–Crippen LogP) is 1.91. The molecule has 2 aliphatic rings. The third-order valence-corrected chi connectivity index (χ3v) is 7.03. The summed E-state index contributed by atoms with van der Waals surface area (Å²) in [6, 6.07) is 12.9. The SMILES string of the molecule is C(#Cc1ccc(C#CCC[n+]2ccc3c(c2)CCCC3)cc1)CC[n+]1ccc2c(c1)CCCC2.[Br-]. The molecule has 0 fully saturated rings. The number of pyridine rings is 2. The fraction of sp³-hybridized carbons (Fsp3) is 0.375. The molecule has 2 heterocycles. The van der Waals surface area contributed by atoms with Gasteiger partial charge in [0.05, 0.1) is 12.8 Å². The summed E-state index contributed by atoms with van der Waals surface area (Å²) in [7, 11) is 0. The highest BCUT2D eigenvalue weighted by Crippen LogP contribution is 2.19. The van der Waals surface area contributed by atoms with Crippen molar-refractivity contribution in [1.82, 2.24) is 0 Å². The molecular formula is C32H34BrN2+. The molecule has 1 aromatic carbocycles. The van der Waals surface area contributed by atoms with Gasteiger partial charge in [0, 0.05) is 34.4 Å². The van der Waals surface area contributed by atoms with E-state index in [1.54, 1.807) is 0 Å². The van der Waals surface area contributed by atoms with Gasteiger partial charge in [-0.2, -0.15) is 0 Å². The molecule has 0 bridgehead atoms. The van der Waals surface area contributed by atoms with Crippen LogP contribution in [-0.2, 0) is 38.8 Å². The molecule has 0 atom stereocenters. The molecule has 5 rings (SSSR count). The van der Waals surface area contributed by atoms with E-state index in [-0.39, 0.29) is 17.0 Å². The van der Waals surface area contributed by atoms with Crippen LogP contribution in [0.4, 0.5) is 0 Å². The van der Waals surface area contributed by atoms with E-state index in [2.05, 4.69) is 94.0 Å². The molecule has 0 radical (unpaired) electrons. The van der Waals surface area contributed by atoms with E-state index in [4.69, 9.17) is 0 Å². The minimum absolute atomic E-state index is 0. The van der Waals surface area contributed by atoms with Crippen molar-refractivity contribution in [1.29, 1.82) is 0 Å². The van der Waals surface area contributed by atoms with E-state index in [0.717, 1.165) is 37.1 Å². The first-order valence-electron chi connectivity index (χ1n) is 12.9. The van der Waals surface area contributed by atoms with E-state index < -0.39 is 0 Å². The van der Waals surface area contributed by atoms with Crippen molar-refractivity contribution in [3.63, 3.8) is 0 Å². The Kier molecular flexibility index (Phi) is 9.16. The van der Waals surface area contributed by atoms with Crippen molar-refractivity contribution in [2.45, 2.75) is 77.3 Å². The maximum atomic E-state index is 3.33. The number of nitrogens with zero attached hydrogens (tertiary/aromatic N) is 2. The molecule has 2 aliphatic carbocycles. The first-order chi connectivity index (χ1) is 16.8. The maximum absolute atomic E-state index is 3.33. The van der Waals surface area contributed by atoms with Crippen LogP contribution in [0.15, 0.2) is 61.2 Å². The molecule has 3 heteroatoms. The van der Waals surface area contributed by atoms with Gasteiger partial charge >= 0.3 is 0 Å². The van der Waals surface area contributed by atoms with Crippen molar-refractivity contribution in [2.75, 3.05) is 0 Å². The van der Waals surface area contributed by atoms with Crippen molar-refractivity contribution < 1.29 is 26.1 Å². The van der Waals surface area contributed by atoms with E-state index in [9.17, 15) is 0 Å². The highest BCUT2D eigenvalue weighted by molar-refractivity contribution is 5.41. The summed E-state index contributed by atoms with van der Waals surface area (Å²) in [5, 5.41) is 0. The molecule has 3 aromatic rings. The summed E-state index contributed by atoms with van der Waals surface area (Å²) in [4.78, 5) is 0. The first-order valence-corrected chi connectivity index (χ1v) is 12.9. The molecule has 2 nitrogen and oxygen atoms in total. The van der Waals surface area contributed by atoms with Gasteiger partial charge in [-0.15, -0.1) is 0 Å². The van der Waals surface area contributed by atoms with Gasteiger partial charge < -0.3 is 17.0 Å². The highest BCUT2D eigenvalue weighted by atomic mass is 79.9. The fourth-order valence-corrected chi connectivity index (χ4v) is 5.05. The summed E-state index contributed by atoms with van der Waals surface area (Å²) in [5.41, 5.74) is 8.25. The van der Waals surface area contributed by atoms with Crippen LogP contribution in [0.3, 0.4) is 0 Å². The molecular weight excluding hydrogens is 492 g/mol. The van der Waals surface area contributed by atoms with Crippen LogP contribution in [-0.4, -0.2) is 0 Å². The molecule has 0 amide bonds. The van der Waals surface area contributed by atoms with E-state index in [1.165, 1.54) is 73.6 Å². The van der Waals surface area contributed by atoms with Crippen molar-refractivity contribution >= 4 is 0 Å². The molecule has 0 aliphatic heterocycles. The Hall–Kier alpha value is -2.88. The second-order valence-electron chi connectivity index (χ2n) is 9.56. The third-order valence-electron chi connectivity index (χ3n) is 7.03. The predicted molar refractivity (Wildman–Crippen MR) is 136 cm³/mol. The van der Waals surface area contributed by atoms with Crippen LogP contribution in [0.25, 0.3) is 0 Å². The number of hydrogen-bond acceptors (Lipinski definition) is 0. The second-order valence-corrected chi connectivity index (χ2v) is 9.56. The number of aromatic nitrogens is 2. The number of aryl methyl sites for hydroxylation is 6. The zero-order valence-electron chi connectivity index (χ0n) is 20.5. The number of rotatable bonds is 4. The Bertz CT molecular complexity index is 1170. The molecule has 0 saturated heterocycles. The number of halogens is 1. The largest absolute Gasteiger partial charge is 1.00 e. The lowest BCUT2D eigenvalue weighted by molar-refractivity contribution is -0.696. The lowest BCUT2D eigenvalue weighted by atomic mass is 9.93. The summed E-state index contributed by atoms with van der Waals surface area (Å²) in [5.74, 6) is 13.3. The third kappa shape index (κ3) is 7.06. The Labute approximate surface area is 221 Å². The summed E-state index contributed by atoms with van der Waals surface area (Å²) < 4.78 is 4.58. The van der Waals surface area contributed by atoms with E-state index in [0.29, 0.717) is 0 Å². The van der Waals surface area contributed by atoms with Crippen molar-refractivity contribution in [3.8, 4) is 23.7 Å². The van der Waals surface area contributed by atoms with Gasteiger partial charge in [0.25, 0.3) is 0 Å². The monoisotopic (exact) mass is 525 g/mol. The van der Waals surface area contributed by atoms with Gasteiger partial charge in [-0.1, -0.05) is 23.7 Å². The Balaban J connectivity index is 0.00000289. The lowest BCUT2D eigenvalue weighted by Crippen LogP contribution is -3.00. The molecule has 0 unspecified atom stereocenters. The molecule has 0 saturated carbocycles. The second kappa shape index (κ2) is 12.7. The maximum Gasteiger partial charge on any atom is 0.172 e. The van der Waals surface area contributed by atoms with Crippen LogP contribution < -0.4 is 26.1 Å². The van der Waals surface area contributed by atoms with Crippen LogP contribution in [0.5, 0.6) is 0 Å². The van der Waals surface area contributed by atoms with Crippen LogP contribution >= 0.6 is 0 Å². The standard InChI is InChI=1S/C32H34N2.BrH/c1-3-13-31-25-33(23-19-29(31)11-1)21-7-5-9-27-15-17-28(18-16-27)10-6-8-22-34-24-20-30-12-2-4-14-32(30)26-34;/h15-20,23-26H,1-4,7-8,11-14,21-22H2;1H/q+2;/p-1. The molecule has 2 aromatic heterocycles. The van der Waals surface area contributed by atoms with E-state index in [1.807, 2.05) is 0 Å². The molecule has 0 N–H and O–H groups in total. The topological polar surface area (TPSA) is 7.76 Å². The van der Waals surface area contributed by atoms with Gasteiger partial charge in [-0.05, 0) is 86.8 Å².